The molecule has 0 aromatic heterocycles. The highest BCUT2D eigenvalue weighted by Gasteiger charge is 2.21. The average Bonchev–Trinajstić information content (AvgIpc) is 2.54. The van der Waals surface area contributed by atoms with E-state index >= 15 is 0 Å². The van der Waals surface area contributed by atoms with Crippen LogP contribution in [0.25, 0.3) is 0 Å². The Morgan fingerprint density at radius 1 is 1.30 bits per heavy atom. The Bertz CT molecular complexity index is 795. The summed E-state index contributed by atoms with van der Waals surface area (Å²) in [7, 11) is 2.95. The monoisotopic (exact) mass is 312 g/mol. The molecule has 23 heavy (non-hydrogen) atoms. The van der Waals surface area contributed by atoms with Gasteiger partial charge in [0.25, 0.3) is 5.91 Å². The summed E-state index contributed by atoms with van der Waals surface area (Å²) in [6, 6.07) is 9.74. The van der Waals surface area contributed by atoms with Gasteiger partial charge in [-0.2, -0.15) is 4.99 Å². The molecule has 2 aromatic carbocycles. The minimum Gasteiger partial charge on any atom is -0.506 e. The van der Waals surface area contributed by atoms with E-state index in [0.717, 1.165) is 5.56 Å². The molecule has 1 N–H and O–H groups in total. The number of rotatable bonds is 4. The predicted octanol–water partition coefficient (Wildman–Crippen LogP) is 2.95. The summed E-state index contributed by atoms with van der Waals surface area (Å²) < 4.78 is 5.12. The van der Waals surface area contributed by atoms with E-state index in [2.05, 4.69) is 4.99 Å². The van der Waals surface area contributed by atoms with Crippen LogP contribution < -0.4 is 9.64 Å². The third kappa shape index (κ3) is 3.22. The van der Waals surface area contributed by atoms with E-state index in [1.807, 2.05) is 6.92 Å². The number of anilines is 1. The number of hydrogen-bond acceptors (Lipinski definition) is 5. The number of ether oxygens (including phenoxy) is 1. The summed E-state index contributed by atoms with van der Waals surface area (Å²) in [5, 5.41) is 10.0. The molecule has 0 aliphatic carbocycles. The number of aromatic hydroxyl groups is 1. The van der Waals surface area contributed by atoms with Crippen molar-refractivity contribution >= 4 is 23.4 Å². The summed E-state index contributed by atoms with van der Waals surface area (Å²) in [6.07, 6.45) is 1.43. The maximum absolute atomic E-state index is 12.7. The third-order valence-corrected chi connectivity index (χ3v) is 3.40. The Balaban J connectivity index is 2.50. The van der Waals surface area contributed by atoms with E-state index in [9.17, 15) is 14.7 Å². The minimum absolute atomic E-state index is 0.0100. The zero-order chi connectivity index (χ0) is 17.0. The van der Waals surface area contributed by atoms with E-state index in [-0.39, 0.29) is 17.0 Å². The van der Waals surface area contributed by atoms with Crippen molar-refractivity contribution in [2.24, 2.45) is 4.99 Å². The molecule has 0 aliphatic heterocycles. The van der Waals surface area contributed by atoms with E-state index in [1.54, 1.807) is 30.3 Å². The maximum atomic E-state index is 12.7. The van der Waals surface area contributed by atoms with E-state index in [0.29, 0.717) is 11.4 Å². The molecule has 0 saturated carbocycles. The molecule has 0 fully saturated rings. The second-order valence-electron chi connectivity index (χ2n) is 4.92. The van der Waals surface area contributed by atoms with Gasteiger partial charge in [-0.1, -0.05) is 12.1 Å². The zero-order valence-corrected chi connectivity index (χ0v) is 13.0. The Kier molecular flexibility index (Phi) is 4.79. The predicted molar refractivity (Wildman–Crippen MR) is 86.4 cm³/mol. The fourth-order valence-corrected chi connectivity index (χ4v) is 2.23. The van der Waals surface area contributed by atoms with Crippen molar-refractivity contribution in [1.82, 2.24) is 0 Å². The van der Waals surface area contributed by atoms with Crippen LogP contribution in [0.1, 0.15) is 15.9 Å². The smallest absolute Gasteiger partial charge is 0.260 e. The van der Waals surface area contributed by atoms with Gasteiger partial charge in [0.15, 0.2) is 0 Å². The molecule has 0 atom stereocenters. The average molecular weight is 312 g/mol. The van der Waals surface area contributed by atoms with Crippen molar-refractivity contribution in [3.63, 3.8) is 0 Å². The van der Waals surface area contributed by atoms with Crippen LogP contribution in [-0.4, -0.2) is 31.3 Å². The van der Waals surface area contributed by atoms with Crippen LogP contribution in [0.2, 0.25) is 0 Å². The number of phenols is 1. The summed E-state index contributed by atoms with van der Waals surface area (Å²) in [6.45, 7) is 1.84. The van der Waals surface area contributed by atoms with Gasteiger partial charge in [0.05, 0.1) is 18.4 Å². The van der Waals surface area contributed by atoms with Gasteiger partial charge >= 0.3 is 0 Å². The number of carbonyl (C=O) groups excluding carboxylic acids is 2. The quantitative estimate of drug-likeness (QED) is 0.695. The van der Waals surface area contributed by atoms with Gasteiger partial charge in [0.2, 0.25) is 6.08 Å². The number of methoxy groups -OCH3 is 1. The van der Waals surface area contributed by atoms with E-state index < -0.39 is 5.91 Å². The van der Waals surface area contributed by atoms with Crippen molar-refractivity contribution in [3.05, 3.63) is 47.5 Å². The van der Waals surface area contributed by atoms with Crippen molar-refractivity contribution in [1.29, 1.82) is 0 Å². The Labute approximate surface area is 133 Å². The first-order chi connectivity index (χ1) is 11.0. The highest BCUT2D eigenvalue weighted by atomic mass is 16.5. The Hall–Kier alpha value is -3.11. The lowest BCUT2D eigenvalue weighted by atomic mass is 10.1. The first kappa shape index (κ1) is 16.3. The number of carbonyl (C=O) groups is 1. The molecule has 0 saturated heterocycles. The summed E-state index contributed by atoms with van der Waals surface area (Å²) in [5.74, 6) is -0.151. The fourth-order valence-electron chi connectivity index (χ4n) is 2.23. The molecule has 0 radical (unpaired) electrons. The molecule has 2 rings (SSSR count). The van der Waals surface area contributed by atoms with Gasteiger partial charge in [-0.25, -0.2) is 4.79 Å². The van der Waals surface area contributed by atoms with E-state index in [1.165, 1.54) is 31.2 Å². The lowest BCUT2D eigenvalue weighted by Crippen LogP contribution is -2.26. The normalized spacial score (nSPS) is 9.87. The molecule has 0 spiro atoms. The SMILES string of the molecule is COc1cccc(C(=O)N(C)c2ccc(C)cc2O)c1N=C=O. The lowest BCUT2D eigenvalue weighted by Gasteiger charge is -2.20. The van der Waals surface area contributed by atoms with Crippen LogP contribution in [0.5, 0.6) is 11.5 Å². The first-order valence-electron chi connectivity index (χ1n) is 6.82. The largest absolute Gasteiger partial charge is 0.506 e. The molecule has 118 valence electrons. The fraction of sp³-hybridized carbons (Fsp3) is 0.176. The number of nitrogens with zero attached hydrogens (tertiary/aromatic N) is 2. The molecule has 0 unspecified atom stereocenters. The number of phenolic OH excluding ortho intramolecular Hbond substituents is 1. The van der Waals surface area contributed by atoms with Crippen molar-refractivity contribution in [2.45, 2.75) is 6.92 Å². The van der Waals surface area contributed by atoms with Crippen LogP contribution in [0, 0.1) is 6.92 Å². The number of hydrogen-bond donors (Lipinski definition) is 1. The van der Waals surface area contributed by atoms with Gasteiger partial charge in [0.1, 0.15) is 17.2 Å². The number of isocyanates is 1. The molecule has 0 aliphatic rings. The van der Waals surface area contributed by atoms with Crippen LogP contribution in [0.4, 0.5) is 11.4 Å². The number of aliphatic imine (C=N–C) groups is 1. The number of aryl methyl sites for hydroxylation is 1. The second kappa shape index (κ2) is 6.77. The van der Waals surface area contributed by atoms with Crippen LogP contribution in [-0.2, 0) is 4.79 Å². The van der Waals surface area contributed by atoms with Gasteiger partial charge in [-0.3, -0.25) is 4.79 Å². The second-order valence-corrected chi connectivity index (χ2v) is 4.92. The Morgan fingerprint density at radius 3 is 2.65 bits per heavy atom. The van der Waals surface area contributed by atoms with Gasteiger partial charge in [-0.05, 0) is 36.8 Å². The van der Waals surface area contributed by atoms with Gasteiger partial charge in [-0.15, -0.1) is 0 Å². The molecular weight excluding hydrogens is 296 g/mol. The summed E-state index contributed by atoms with van der Waals surface area (Å²) in [5.41, 5.74) is 1.51. The highest BCUT2D eigenvalue weighted by molar-refractivity contribution is 6.10. The minimum atomic E-state index is -0.433. The van der Waals surface area contributed by atoms with Crippen molar-refractivity contribution in [3.8, 4) is 11.5 Å². The van der Waals surface area contributed by atoms with Crippen molar-refractivity contribution < 1.29 is 19.4 Å². The number of para-hydroxylation sites is 1. The first-order valence-corrected chi connectivity index (χ1v) is 6.82. The molecular formula is C17H16N2O4. The van der Waals surface area contributed by atoms with Crippen LogP contribution >= 0.6 is 0 Å². The summed E-state index contributed by atoms with van der Waals surface area (Å²) in [4.78, 5) is 28.2. The van der Waals surface area contributed by atoms with Crippen LogP contribution in [0.3, 0.4) is 0 Å². The number of benzene rings is 2. The number of amides is 1. The molecule has 6 heteroatoms. The zero-order valence-electron chi connectivity index (χ0n) is 13.0. The van der Waals surface area contributed by atoms with Crippen LogP contribution in [0.15, 0.2) is 41.4 Å². The highest BCUT2D eigenvalue weighted by Crippen LogP contribution is 2.34. The molecule has 6 nitrogen and oxygen atoms in total. The molecule has 0 bridgehead atoms. The third-order valence-electron chi connectivity index (χ3n) is 3.40. The Morgan fingerprint density at radius 2 is 2.04 bits per heavy atom. The lowest BCUT2D eigenvalue weighted by molar-refractivity contribution is 0.0992. The molecule has 1 amide bonds. The summed E-state index contributed by atoms with van der Waals surface area (Å²) >= 11 is 0. The topological polar surface area (TPSA) is 79.2 Å². The van der Waals surface area contributed by atoms with Crippen molar-refractivity contribution in [2.75, 3.05) is 19.1 Å². The standard InChI is InChI=1S/C17H16N2O4/c1-11-7-8-13(14(21)9-11)19(2)17(22)12-5-4-6-15(23-3)16(12)18-10-20/h4-9,21H,1-3H3. The molecule has 2 aromatic rings. The molecule has 0 heterocycles. The van der Waals surface area contributed by atoms with Gasteiger partial charge in [0, 0.05) is 7.05 Å². The maximum Gasteiger partial charge on any atom is 0.260 e. The van der Waals surface area contributed by atoms with E-state index in [4.69, 9.17) is 4.74 Å². The van der Waals surface area contributed by atoms with Gasteiger partial charge < -0.3 is 14.7 Å².